The van der Waals surface area contributed by atoms with Gasteiger partial charge >= 0.3 is 5.69 Å². The number of hydrogen-bond acceptors (Lipinski definition) is 8. The third-order valence-corrected chi connectivity index (χ3v) is 4.52. The summed E-state index contributed by atoms with van der Waals surface area (Å²) in [6, 6.07) is 2.81. The van der Waals surface area contributed by atoms with E-state index in [4.69, 9.17) is 4.74 Å². The average Bonchev–Trinajstić information content (AvgIpc) is 3.00. The van der Waals surface area contributed by atoms with E-state index >= 15 is 0 Å². The normalized spacial score (nSPS) is 10.3. The Morgan fingerprint density at radius 1 is 1.55 bits per heavy atom. The molecule has 0 fully saturated rings. The molecule has 0 bridgehead atoms. The summed E-state index contributed by atoms with van der Waals surface area (Å²) in [6.45, 7) is 1.68. The number of nitro benzene ring substituents is 1. The van der Waals surface area contributed by atoms with E-state index in [1.807, 2.05) is 0 Å². The SMILES string of the molecule is COc1cc(NC(=O)CSc2nncs2)c(C)cc1[N+](=O)[O-]. The fourth-order valence-electron chi connectivity index (χ4n) is 1.65. The van der Waals surface area contributed by atoms with Gasteiger partial charge in [-0.3, -0.25) is 14.9 Å². The Labute approximate surface area is 134 Å². The number of nitro groups is 1. The van der Waals surface area contributed by atoms with Gasteiger partial charge in [0.2, 0.25) is 5.91 Å². The van der Waals surface area contributed by atoms with Crippen molar-refractivity contribution in [3.05, 3.63) is 33.3 Å². The van der Waals surface area contributed by atoms with Crippen LogP contribution in [0.5, 0.6) is 5.75 Å². The molecule has 1 amide bonds. The molecular weight excluding hydrogens is 328 g/mol. The summed E-state index contributed by atoms with van der Waals surface area (Å²) in [4.78, 5) is 22.3. The van der Waals surface area contributed by atoms with E-state index in [1.165, 1.54) is 42.3 Å². The minimum atomic E-state index is -0.525. The Bertz CT molecular complexity index is 691. The predicted molar refractivity (Wildman–Crippen MR) is 83.6 cm³/mol. The van der Waals surface area contributed by atoms with E-state index in [2.05, 4.69) is 15.5 Å². The van der Waals surface area contributed by atoms with E-state index < -0.39 is 4.92 Å². The van der Waals surface area contributed by atoms with Gasteiger partial charge in [0.05, 0.1) is 17.8 Å². The first-order valence-corrected chi connectivity index (χ1v) is 7.89. The zero-order valence-corrected chi connectivity index (χ0v) is 13.4. The van der Waals surface area contributed by atoms with E-state index in [1.54, 1.807) is 12.4 Å². The largest absolute Gasteiger partial charge is 0.490 e. The Hall–Kier alpha value is -2.20. The summed E-state index contributed by atoms with van der Waals surface area (Å²) in [5.41, 5.74) is 2.51. The van der Waals surface area contributed by atoms with Crippen molar-refractivity contribution in [3.8, 4) is 5.75 Å². The van der Waals surface area contributed by atoms with E-state index in [0.717, 1.165) is 0 Å². The first-order valence-electron chi connectivity index (χ1n) is 6.03. The number of aryl methyl sites for hydroxylation is 1. The highest BCUT2D eigenvalue weighted by Gasteiger charge is 2.18. The molecule has 8 nitrogen and oxygen atoms in total. The summed E-state index contributed by atoms with van der Waals surface area (Å²) in [5, 5.41) is 21.1. The molecule has 0 aliphatic rings. The van der Waals surface area contributed by atoms with Gasteiger partial charge in [-0.2, -0.15) is 0 Å². The lowest BCUT2D eigenvalue weighted by Crippen LogP contribution is -2.15. The minimum absolute atomic E-state index is 0.0997. The number of aromatic nitrogens is 2. The zero-order valence-electron chi connectivity index (χ0n) is 11.7. The van der Waals surface area contributed by atoms with Crippen molar-refractivity contribution < 1.29 is 14.5 Å². The van der Waals surface area contributed by atoms with Gasteiger partial charge in [-0.15, -0.1) is 10.2 Å². The third-order valence-electron chi connectivity index (χ3n) is 2.66. The van der Waals surface area contributed by atoms with Gasteiger partial charge in [0, 0.05) is 17.8 Å². The van der Waals surface area contributed by atoms with Crippen LogP contribution in [-0.4, -0.2) is 33.9 Å². The third kappa shape index (κ3) is 3.92. The van der Waals surface area contributed by atoms with Crippen molar-refractivity contribution in [3.63, 3.8) is 0 Å². The van der Waals surface area contributed by atoms with Crippen LogP contribution in [0, 0.1) is 17.0 Å². The molecule has 0 aliphatic heterocycles. The number of amides is 1. The van der Waals surface area contributed by atoms with Crippen LogP contribution in [0.15, 0.2) is 22.0 Å². The van der Waals surface area contributed by atoms with Crippen molar-refractivity contribution >= 4 is 40.4 Å². The van der Waals surface area contributed by atoms with Crippen molar-refractivity contribution in [2.75, 3.05) is 18.2 Å². The number of methoxy groups -OCH3 is 1. The van der Waals surface area contributed by atoms with Crippen LogP contribution in [0.25, 0.3) is 0 Å². The van der Waals surface area contributed by atoms with Gasteiger partial charge in [0.25, 0.3) is 0 Å². The maximum Gasteiger partial charge on any atom is 0.311 e. The number of nitrogens with one attached hydrogen (secondary N) is 1. The molecule has 0 atom stereocenters. The Kier molecular flexibility index (Phi) is 5.28. The minimum Gasteiger partial charge on any atom is -0.490 e. The molecule has 22 heavy (non-hydrogen) atoms. The highest BCUT2D eigenvalue weighted by molar-refractivity contribution is 8.01. The van der Waals surface area contributed by atoms with Gasteiger partial charge < -0.3 is 10.1 Å². The number of benzene rings is 1. The molecule has 10 heteroatoms. The fourth-order valence-corrected chi connectivity index (χ4v) is 2.94. The lowest BCUT2D eigenvalue weighted by Gasteiger charge is -2.10. The van der Waals surface area contributed by atoms with Crippen LogP contribution < -0.4 is 10.1 Å². The van der Waals surface area contributed by atoms with Crippen LogP contribution in [-0.2, 0) is 4.79 Å². The average molecular weight is 340 g/mol. The van der Waals surface area contributed by atoms with Crippen LogP contribution in [0.1, 0.15) is 5.56 Å². The number of thioether (sulfide) groups is 1. The smallest absolute Gasteiger partial charge is 0.311 e. The number of nitrogens with zero attached hydrogens (tertiary/aromatic N) is 3. The summed E-state index contributed by atoms with van der Waals surface area (Å²) >= 11 is 2.62. The standard InChI is InChI=1S/C12H12N4O4S2/c1-7-3-9(16(18)19)10(20-2)4-8(7)14-11(17)5-21-12-15-13-6-22-12/h3-4,6H,5H2,1-2H3,(H,14,17). The maximum atomic E-state index is 11.9. The monoisotopic (exact) mass is 340 g/mol. The van der Waals surface area contributed by atoms with Crippen molar-refractivity contribution in [1.82, 2.24) is 10.2 Å². The second-order valence-corrected chi connectivity index (χ2v) is 6.19. The molecule has 0 saturated heterocycles. The van der Waals surface area contributed by atoms with Gasteiger partial charge in [-0.25, -0.2) is 0 Å². The summed E-state index contributed by atoms with van der Waals surface area (Å²) < 4.78 is 5.69. The quantitative estimate of drug-likeness (QED) is 0.489. The molecule has 116 valence electrons. The number of rotatable bonds is 6. The lowest BCUT2D eigenvalue weighted by atomic mass is 10.1. The number of ether oxygens (including phenoxy) is 1. The highest BCUT2D eigenvalue weighted by Crippen LogP contribution is 2.32. The Morgan fingerprint density at radius 3 is 2.91 bits per heavy atom. The Morgan fingerprint density at radius 2 is 2.32 bits per heavy atom. The molecule has 0 saturated carbocycles. The number of carbonyl (C=O) groups excluding carboxylic acids is 1. The molecule has 1 N–H and O–H groups in total. The summed E-state index contributed by atoms with van der Waals surface area (Å²) in [6.07, 6.45) is 0. The summed E-state index contributed by atoms with van der Waals surface area (Å²) in [5.74, 6) is 0.0374. The molecular formula is C12H12N4O4S2. The second-order valence-electron chi connectivity index (χ2n) is 4.14. The van der Waals surface area contributed by atoms with Gasteiger partial charge in [-0.1, -0.05) is 23.1 Å². The van der Waals surface area contributed by atoms with E-state index in [9.17, 15) is 14.9 Å². The molecule has 0 radical (unpaired) electrons. The molecule has 1 aromatic heterocycles. The lowest BCUT2D eigenvalue weighted by molar-refractivity contribution is -0.385. The highest BCUT2D eigenvalue weighted by atomic mass is 32.2. The Balaban J connectivity index is 2.08. The maximum absolute atomic E-state index is 11.9. The summed E-state index contributed by atoms with van der Waals surface area (Å²) in [7, 11) is 1.34. The number of carbonyl (C=O) groups is 1. The number of hydrogen-bond donors (Lipinski definition) is 1. The van der Waals surface area contributed by atoms with Gasteiger partial charge in [-0.05, 0) is 12.5 Å². The van der Waals surface area contributed by atoms with Crippen LogP contribution in [0.4, 0.5) is 11.4 Å². The zero-order chi connectivity index (χ0) is 16.1. The molecule has 1 heterocycles. The topological polar surface area (TPSA) is 107 Å². The molecule has 0 unspecified atom stereocenters. The van der Waals surface area contributed by atoms with Crippen molar-refractivity contribution in [2.45, 2.75) is 11.3 Å². The van der Waals surface area contributed by atoms with Gasteiger partial charge in [0.15, 0.2) is 10.1 Å². The molecule has 2 aromatic rings. The first-order chi connectivity index (χ1) is 10.5. The van der Waals surface area contributed by atoms with Crippen molar-refractivity contribution in [2.24, 2.45) is 0 Å². The second kappa shape index (κ2) is 7.18. The number of anilines is 1. The predicted octanol–water partition coefficient (Wildman–Crippen LogP) is 2.49. The van der Waals surface area contributed by atoms with Gasteiger partial charge in [0.1, 0.15) is 5.51 Å². The van der Waals surface area contributed by atoms with Crippen LogP contribution in [0.3, 0.4) is 0 Å². The molecule has 0 spiro atoms. The molecule has 2 rings (SSSR count). The van der Waals surface area contributed by atoms with E-state index in [-0.39, 0.29) is 23.1 Å². The van der Waals surface area contributed by atoms with Crippen LogP contribution in [0.2, 0.25) is 0 Å². The first kappa shape index (κ1) is 16.2. The van der Waals surface area contributed by atoms with Crippen LogP contribution >= 0.6 is 23.1 Å². The van der Waals surface area contributed by atoms with Crippen molar-refractivity contribution in [1.29, 1.82) is 0 Å². The molecule has 1 aromatic carbocycles. The molecule has 0 aliphatic carbocycles. The fraction of sp³-hybridized carbons (Fsp3) is 0.250. The van der Waals surface area contributed by atoms with E-state index in [0.29, 0.717) is 15.6 Å².